The molecule has 0 fully saturated rings. The second kappa shape index (κ2) is 8.86. The Morgan fingerprint density at radius 1 is 1.17 bits per heavy atom. The van der Waals surface area contributed by atoms with Gasteiger partial charge in [0.05, 0.1) is 4.90 Å². The minimum absolute atomic E-state index is 0.0365. The quantitative estimate of drug-likeness (QED) is 0.636. The summed E-state index contributed by atoms with van der Waals surface area (Å²) in [6.07, 6.45) is 1.03. The van der Waals surface area contributed by atoms with Crippen LogP contribution in [-0.2, 0) is 9.84 Å². The third-order valence-electron chi connectivity index (χ3n) is 2.72. The fourth-order valence-corrected chi connectivity index (χ4v) is 3.15. The number of rotatable bonds is 3. The van der Waals surface area contributed by atoms with Crippen LogP contribution in [0.2, 0.25) is 0 Å². The van der Waals surface area contributed by atoms with Crippen molar-refractivity contribution in [3.05, 3.63) is 56.7 Å². The second-order valence-electron chi connectivity index (χ2n) is 4.45. The molecule has 1 N–H and O–H groups in total. The molecule has 2 rings (SSSR count). The van der Waals surface area contributed by atoms with Crippen molar-refractivity contribution in [1.82, 2.24) is 0 Å². The lowest BCUT2D eigenvalue weighted by atomic mass is 10.2. The van der Waals surface area contributed by atoms with Gasteiger partial charge in [0.25, 0.3) is 0 Å². The zero-order valence-corrected chi connectivity index (χ0v) is 17.1. The molecule has 0 aliphatic carbocycles. The molecule has 0 aromatic heterocycles. The lowest BCUT2D eigenvalue weighted by Gasteiger charge is -2.02. The largest absolute Gasteiger partial charge is 0.387 e. The van der Waals surface area contributed by atoms with Gasteiger partial charge in [0, 0.05) is 38.9 Å². The van der Waals surface area contributed by atoms with E-state index in [1.54, 1.807) is 0 Å². The Morgan fingerprint density at radius 3 is 2.26 bits per heavy atom. The van der Waals surface area contributed by atoms with E-state index in [9.17, 15) is 12.8 Å². The maximum Gasteiger partial charge on any atom is 0.175 e. The van der Waals surface area contributed by atoms with Gasteiger partial charge in [0.15, 0.2) is 9.84 Å². The van der Waals surface area contributed by atoms with Crippen LogP contribution < -0.4 is 5.32 Å². The molecule has 0 aliphatic heterocycles. The molecule has 124 valence electrons. The highest BCUT2D eigenvalue weighted by molar-refractivity contribution is 9.11. The van der Waals surface area contributed by atoms with E-state index in [1.165, 1.54) is 17.5 Å². The molecule has 0 bridgehead atoms. The summed E-state index contributed by atoms with van der Waals surface area (Å²) in [6, 6.07) is 9.65. The number of hydrogen-bond donors (Lipinski definition) is 1. The highest BCUT2D eigenvalue weighted by Crippen LogP contribution is 2.25. The van der Waals surface area contributed by atoms with Gasteiger partial charge in [-0.1, -0.05) is 28.1 Å². The molecule has 0 radical (unpaired) electrons. The summed E-state index contributed by atoms with van der Waals surface area (Å²) in [5.74, 6) is -0.613. The van der Waals surface area contributed by atoms with Crippen molar-refractivity contribution in [2.75, 3.05) is 18.6 Å². The van der Waals surface area contributed by atoms with Crippen LogP contribution in [0, 0.1) is 5.82 Å². The molecule has 23 heavy (non-hydrogen) atoms. The Morgan fingerprint density at radius 2 is 1.83 bits per heavy atom. The van der Waals surface area contributed by atoms with Gasteiger partial charge >= 0.3 is 0 Å². The smallest absolute Gasteiger partial charge is 0.175 e. The molecule has 0 atom stereocenters. The van der Waals surface area contributed by atoms with Crippen molar-refractivity contribution in [2.45, 2.75) is 4.90 Å². The summed E-state index contributed by atoms with van der Waals surface area (Å²) in [6.45, 7) is 0. The van der Waals surface area contributed by atoms with Crippen molar-refractivity contribution >= 4 is 65.0 Å². The predicted octanol–water partition coefficient (Wildman–Crippen LogP) is 4.83. The van der Waals surface area contributed by atoms with E-state index >= 15 is 0 Å². The van der Waals surface area contributed by atoms with Gasteiger partial charge < -0.3 is 5.32 Å². The first-order chi connectivity index (χ1) is 10.7. The van der Waals surface area contributed by atoms with Crippen molar-refractivity contribution in [3.63, 3.8) is 0 Å². The lowest BCUT2D eigenvalue weighted by Crippen LogP contribution is -1.99. The van der Waals surface area contributed by atoms with E-state index in [-0.39, 0.29) is 10.5 Å². The molecule has 8 heteroatoms. The Balaban J connectivity index is 0.000000238. The van der Waals surface area contributed by atoms with Gasteiger partial charge in [-0.25, -0.2) is 12.8 Å². The first-order valence-corrected chi connectivity index (χ1v) is 10.2. The summed E-state index contributed by atoms with van der Waals surface area (Å²) in [7, 11) is -1.44. The third kappa shape index (κ3) is 6.29. The van der Waals surface area contributed by atoms with E-state index < -0.39 is 15.7 Å². The Hall–Kier alpha value is -0.830. The number of benzene rings is 2. The molecule has 0 spiro atoms. The van der Waals surface area contributed by atoms with Crippen LogP contribution in [0.1, 0.15) is 5.56 Å². The van der Waals surface area contributed by atoms with Crippen molar-refractivity contribution in [2.24, 2.45) is 0 Å². The molecule has 0 amide bonds. The summed E-state index contributed by atoms with van der Waals surface area (Å²) < 4.78 is 37.1. The van der Waals surface area contributed by atoms with Crippen LogP contribution in [0.5, 0.6) is 0 Å². The third-order valence-corrected chi connectivity index (χ3v) is 5.27. The van der Waals surface area contributed by atoms with E-state index in [0.717, 1.165) is 27.0 Å². The number of thiocarbonyl (C=S) groups is 1. The van der Waals surface area contributed by atoms with Crippen LogP contribution in [0.25, 0.3) is 0 Å². The Kier molecular flexibility index (Phi) is 7.79. The number of anilines is 1. The highest BCUT2D eigenvalue weighted by Gasteiger charge is 2.09. The van der Waals surface area contributed by atoms with Crippen LogP contribution in [0.4, 0.5) is 10.1 Å². The molecule has 0 unspecified atom stereocenters. The fraction of sp³-hybridized carbons (Fsp3) is 0.133. The number of hydrogen-bond acceptors (Lipinski definition) is 4. The highest BCUT2D eigenvalue weighted by atomic mass is 79.9. The Bertz CT molecular complexity index is 811. The van der Waals surface area contributed by atoms with Gasteiger partial charge in [-0.05, 0) is 52.3 Å². The molecule has 3 nitrogen and oxygen atoms in total. The zero-order chi connectivity index (χ0) is 17.6. The Labute approximate surface area is 157 Å². The number of nitrogens with one attached hydrogen (secondary N) is 1. The molecular weight excluding hydrogens is 469 g/mol. The number of halogens is 3. The van der Waals surface area contributed by atoms with E-state index in [2.05, 4.69) is 49.4 Å². The van der Waals surface area contributed by atoms with Crippen molar-refractivity contribution in [3.8, 4) is 0 Å². The minimum atomic E-state index is -3.34. The summed E-state index contributed by atoms with van der Waals surface area (Å²) >= 11 is 11.3. The maximum absolute atomic E-state index is 13.0. The molecule has 0 aliphatic rings. The molecular formula is C15H14Br2FNO2S2. The predicted molar refractivity (Wildman–Crippen MR) is 104 cm³/mol. The first-order valence-electron chi connectivity index (χ1n) is 6.26. The SMILES string of the molecule is CNc1cc(Br)ccc1Br.CS(=O)(=O)c1ccc(C=S)c(F)c1. The molecule has 0 saturated heterocycles. The van der Waals surface area contributed by atoms with Crippen LogP contribution >= 0.6 is 44.1 Å². The average Bonchev–Trinajstić information content (AvgIpc) is 2.49. The molecule has 0 saturated carbocycles. The van der Waals surface area contributed by atoms with Crippen LogP contribution in [0.3, 0.4) is 0 Å². The zero-order valence-electron chi connectivity index (χ0n) is 12.3. The first kappa shape index (κ1) is 20.2. The standard InChI is InChI=1S/C8H7FO2S2.C7H7Br2N/c1-13(10,11)7-3-2-6(5-12)8(9)4-7;1-10-7-4-5(8)2-3-6(7)9/h2-5H,1H3;2-4,10H,1H3. The minimum Gasteiger partial charge on any atom is -0.387 e. The normalized spacial score (nSPS) is 10.5. The maximum atomic E-state index is 13.0. The van der Waals surface area contributed by atoms with Gasteiger partial charge in [-0.15, -0.1) is 0 Å². The summed E-state index contributed by atoms with van der Waals surface area (Å²) in [4.78, 5) is -0.0365. The summed E-state index contributed by atoms with van der Waals surface area (Å²) in [5.41, 5.74) is 1.32. The van der Waals surface area contributed by atoms with E-state index in [0.29, 0.717) is 0 Å². The van der Waals surface area contributed by atoms with E-state index in [1.807, 2.05) is 25.2 Å². The summed E-state index contributed by atoms with van der Waals surface area (Å²) in [5, 5.41) is 4.23. The number of sulfone groups is 1. The van der Waals surface area contributed by atoms with Gasteiger partial charge in [0.1, 0.15) is 5.82 Å². The molecule has 2 aromatic carbocycles. The molecule has 2 aromatic rings. The van der Waals surface area contributed by atoms with Gasteiger partial charge in [-0.2, -0.15) is 0 Å². The van der Waals surface area contributed by atoms with Crippen molar-refractivity contribution < 1.29 is 12.8 Å². The van der Waals surface area contributed by atoms with Gasteiger partial charge in [-0.3, -0.25) is 0 Å². The lowest BCUT2D eigenvalue weighted by molar-refractivity contribution is 0.595. The van der Waals surface area contributed by atoms with Gasteiger partial charge in [0.2, 0.25) is 0 Å². The monoisotopic (exact) mass is 481 g/mol. The average molecular weight is 483 g/mol. The van der Waals surface area contributed by atoms with Crippen LogP contribution in [0.15, 0.2) is 50.2 Å². The fourth-order valence-electron chi connectivity index (χ4n) is 1.52. The van der Waals surface area contributed by atoms with Crippen molar-refractivity contribution in [1.29, 1.82) is 0 Å². The topological polar surface area (TPSA) is 46.2 Å². The van der Waals surface area contributed by atoms with Crippen LogP contribution in [-0.4, -0.2) is 27.1 Å². The van der Waals surface area contributed by atoms with E-state index in [4.69, 9.17) is 0 Å². The molecule has 0 heterocycles. The second-order valence-corrected chi connectivity index (χ2v) is 8.47.